The number of halogens is 1. The second kappa shape index (κ2) is 3.66. The predicted molar refractivity (Wildman–Crippen MR) is 54.4 cm³/mol. The van der Waals surface area contributed by atoms with Gasteiger partial charge in [0.1, 0.15) is 0 Å². The van der Waals surface area contributed by atoms with Gasteiger partial charge in [-0.2, -0.15) is 5.26 Å². The number of hydrogen-bond donors (Lipinski definition) is 1. The van der Waals surface area contributed by atoms with E-state index < -0.39 is 12.3 Å². The third-order valence-corrected chi connectivity index (χ3v) is 2.33. The second-order valence-corrected chi connectivity index (χ2v) is 3.25. The maximum absolute atomic E-state index is 13.3. The molecule has 0 radical (unpaired) electrons. The van der Waals surface area contributed by atoms with Crippen molar-refractivity contribution in [3.05, 3.63) is 36.0 Å². The Morgan fingerprint density at radius 1 is 1.50 bits per heavy atom. The molecule has 0 aliphatic carbocycles. The van der Waals surface area contributed by atoms with Crippen molar-refractivity contribution in [2.75, 3.05) is 0 Å². The van der Waals surface area contributed by atoms with Crippen LogP contribution in [0.15, 0.2) is 30.5 Å². The minimum atomic E-state index is -2.13. The number of carboxylic acids is 1. The molecule has 1 N–H and O–H groups in total. The molecule has 0 saturated heterocycles. The molecule has 16 heavy (non-hydrogen) atoms. The largest absolute Gasteiger partial charge is 0.478 e. The van der Waals surface area contributed by atoms with Crippen molar-refractivity contribution in [3.8, 4) is 6.07 Å². The van der Waals surface area contributed by atoms with E-state index in [4.69, 9.17) is 10.4 Å². The van der Waals surface area contributed by atoms with E-state index in [1.807, 2.05) is 6.07 Å². The van der Waals surface area contributed by atoms with Gasteiger partial charge >= 0.3 is 5.97 Å². The summed E-state index contributed by atoms with van der Waals surface area (Å²) in [6.45, 7) is 0. The average Bonchev–Trinajstić information content (AvgIpc) is 2.71. The Kier molecular flexibility index (Phi) is 2.33. The Morgan fingerprint density at radius 3 is 2.88 bits per heavy atom. The fourth-order valence-corrected chi connectivity index (χ4v) is 1.60. The number of nitrogens with zero attached hydrogens (tertiary/aromatic N) is 2. The summed E-state index contributed by atoms with van der Waals surface area (Å²) in [7, 11) is 0. The van der Waals surface area contributed by atoms with E-state index >= 15 is 0 Å². The number of nitriles is 1. The standard InChI is InChI=1S/C11H7FN2O2/c12-10(11(15)16)14-5-4-8-7(6-13)2-1-3-9(8)14/h1-5,10H,(H,15,16). The van der Waals surface area contributed by atoms with Gasteiger partial charge in [-0.3, -0.25) is 0 Å². The Morgan fingerprint density at radius 2 is 2.25 bits per heavy atom. The Labute approximate surface area is 90.1 Å². The van der Waals surface area contributed by atoms with Crippen LogP contribution in [0, 0.1) is 11.3 Å². The number of fused-ring (bicyclic) bond motifs is 1. The molecule has 1 aromatic carbocycles. The molecule has 0 aliphatic heterocycles. The first kappa shape index (κ1) is 10.2. The van der Waals surface area contributed by atoms with E-state index in [1.54, 1.807) is 18.2 Å². The number of carbonyl (C=O) groups is 1. The quantitative estimate of drug-likeness (QED) is 0.838. The molecule has 1 heterocycles. The molecule has 4 nitrogen and oxygen atoms in total. The van der Waals surface area contributed by atoms with Crippen molar-refractivity contribution in [1.82, 2.24) is 4.57 Å². The van der Waals surface area contributed by atoms with Gasteiger partial charge in [-0.15, -0.1) is 0 Å². The van der Waals surface area contributed by atoms with E-state index in [0.717, 1.165) is 4.57 Å². The monoisotopic (exact) mass is 218 g/mol. The minimum Gasteiger partial charge on any atom is -0.478 e. The highest BCUT2D eigenvalue weighted by Gasteiger charge is 2.19. The van der Waals surface area contributed by atoms with Crippen molar-refractivity contribution in [2.45, 2.75) is 6.30 Å². The Hall–Kier alpha value is -2.35. The number of benzene rings is 1. The summed E-state index contributed by atoms with van der Waals surface area (Å²) >= 11 is 0. The highest BCUT2D eigenvalue weighted by Crippen LogP contribution is 2.23. The molecule has 0 bridgehead atoms. The molecule has 0 spiro atoms. The summed E-state index contributed by atoms with van der Waals surface area (Å²) in [5.41, 5.74) is 0.794. The van der Waals surface area contributed by atoms with Crippen LogP contribution in [0.3, 0.4) is 0 Å². The fraction of sp³-hybridized carbons (Fsp3) is 0.0909. The lowest BCUT2D eigenvalue weighted by Crippen LogP contribution is -2.12. The maximum atomic E-state index is 13.3. The molecule has 1 aromatic heterocycles. The first-order valence-electron chi connectivity index (χ1n) is 4.51. The Balaban J connectivity index is 2.67. The third kappa shape index (κ3) is 1.41. The molecule has 1 unspecified atom stereocenters. The van der Waals surface area contributed by atoms with Crippen molar-refractivity contribution in [2.24, 2.45) is 0 Å². The van der Waals surface area contributed by atoms with Gasteiger partial charge in [0.15, 0.2) is 0 Å². The van der Waals surface area contributed by atoms with Gasteiger partial charge in [-0.1, -0.05) is 6.07 Å². The fourth-order valence-electron chi connectivity index (χ4n) is 1.60. The molecule has 80 valence electrons. The zero-order valence-corrected chi connectivity index (χ0v) is 8.09. The van der Waals surface area contributed by atoms with Gasteiger partial charge in [0, 0.05) is 11.6 Å². The van der Waals surface area contributed by atoms with E-state index in [9.17, 15) is 9.18 Å². The van der Waals surface area contributed by atoms with Crippen molar-refractivity contribution in [1.29, 1.82) is 5.26 Å². The van der Waals surface area contributed by atoms with Crippen molar-refractivity contribution >= 4 is 16.9 Å². The summed E-state index contributed by atoms with van der Waals surface area (Å²) in [5.74, 6) is -1.56. The number of carboxylic acid groups (broad SMARTS) is 1. The topological polar surface area (TPSA) is 66.0 Å². The lowest BCUT2D eigenvalue weighted by Gasteiger charge is -2.06. The summed E-state index contributed by atoms with van der Waals surface area (Å²) in [4.78, 5) is 10.5. The molecule has 0 aliphatic rings. The van der Waals surface area contributed by atoms with Gasteiger partial charge in [0.05, 0.1) is 17.1 Å². The van der Waals surface area contributed by atoms with Crippen LogP contribution < -0.4 is 0 Å². The molecular formula is C11H7FN2O2. The molecule has 2 aromatic rings. The first-order chi connectivity index (χ1) is 7.65. The number of hydrogen-bond acceptors (Lipinski definition) is 2. The van der Waals surface area contributed by atoms with Crippen LogP contribution >= 0.6 is 0 Å². The lowest BCUT2D eigenvalue weighted by molar-refractivity contribution is -0.146. The van der Waals surface area contributed by atoms with Crippen LogP contribution in [0.25, 0.3) is 10.9 Å². The Bertz CT molecular complexity index is 598. The summed E-state index contributed by atoms with van der Waals surface area (Å²) < 4.78 is 14.3. The highest BCUT2D eigenvalue weighted by molar-refractivity contribution is 5.87. The number of rotatable bonds is 2. The molecule has 0 fully saturated rings. The van der Waals surface area contributed by atoms with Gasteiger partial charge in [-0.25, -0.2) is 9.18 Å². The van der Waals surface area contributed by atoms with Gasteiger partial charge < -0.3 is 9.67 Å². The van der Waals surface area contributed by atoms with E-state index in [1.165, 1.54) is 12.3 Å². The van der Waals surface area contributed by atoms with Crippen LogP contribution in [0.4, 0.5) is 4.39 Å². The summed E-state index contributed by atoms with van der Waals surface area (Å²) in [6, 6.07) is 8.26. The van der Waals surface area contributed by atoms with Crippen molar-refractivity contribution in [3.63, 3.8) is 0 Å². The number of aromatic nitrogens is 1. The van der Waals surface area contributed by atoms with Gasteiger partial charge in [0.25, 0.3) is 6.30 Å². The molecule has 2 rings (SSSR count). The zero-order chi connectivity index (χ0) is 11.7. The number of aliphatic carboxylic acids is 1. The second-order valence-electron chi connectivity index (χ2n) is 3.25. The van der Waals surface area contributed by atoms with Gasteiger partial charge in [0.2, 0.25) is 0 Å². The molecule has 0 amide bonds. The first-order valence-corrected chi connectivity index (χ1v) is 4.51. The van der Waals surface area contributed by atoms with Crippen LogP contribution in [0.2, 0.25) is 0 Å². The van der Waals surface area contributed by atoms with Crippen LogP contribution in [-0.4, -0.2) is 15.6 Å². The van der Waals surface area contributed by atoms with E-state index in [-0.39, 0.29) is 0 Å². The summed E-state index contributed by atoms with van der Waals surface area (Å²) in [5, 5.41) is 18.0. The molecule has 1 atom stereocenters. The van der Waals surface area contributed by atoms with Crippen LogP contribution in [-0.2, 0) is 4.79 Å². The zero-order valence-electron chi connectivity index (χ0n) is 8.09. The van der Waals surface area contributed by atoms with E-state index in [0.29, 0.717) is 16.5 Å². The molecular weight excluding hydrogens is 211 g/mol. The van der Waals surface area contributed by atoms with Crippen molar-refractivity contribution < 1.29 is 14.3 Å². The minimum absolute atomic E-state index is 0.397. The van der Waals surface area contributed by atoms with Gasteiger partial charge in [-0.05, 0) is 18.2 Å². The lowest BCUT2D eigenvalue weighted by atomic mass is 10.1. The highest BCUT2D eigenvalue weighted by atomic mass is 19.1. The van der Waals surface area contributed by atoms with E-state index in [2.05, 4.69) is 0 Å². The average molecular weight is 218 g/mol. The smallest absolute Gasteiger partial charge is 0.359 e. The molecule has 5 heteroatoms. The van der Waals surface area contributed by atoms with Crippen LogP contribution in [0.1, 0.15) is 11.9 Å². The SMILES string of the molecule is N#Cc1cccc2c1ccn2C(F)C(=O)O. The van der Waals surface area contributed by atoms with Crippen LogP contribution in [0.5, 0.6) is 0 Å². The normalized spacial score (nSPS) is 12.2. The maximum Gasteiger partial charge on any atom is 0.359 e. The predicted octanol–water partition coefficient (Wildman–Crippen LogP) is 2.07. The third-order valence-electron chi connectivity index (χ3n) is 2.33. The number of alkyl halides is 1. The molecule has 0 saturated carbocycles. The summed E-state index contributed by atoms with van der Waals surface area (Å²) in [6.07, 6.45) is -0.809.